The molecule has 2 fully saturated rings. The highest BCUT2D eigenvalue weighted by Gasteiger charge is 2.44. The monoisotopic (exact) mass is 456 g/mol. The molecule has 3 aliphatic rings. The zero-order valence-corrected chi connectivity index (χ0v) is 20.0. The van der Waals surface area contributed by atoms with Crippen molar-refractivity contribution < 1.29 is 13.2 Å². The van der Waals surface area contributed by atoms with Gasteiger partial charge in [0.2, 0.25) is 10.0 Å². The largest absolute Gasteiger partial charge is 0.494 e. The van der Waals surface area contributed by atoms with E-state index in [0.717, 1.165) is 57.6 Å². The lowest BCUT2D eigenvalue weighted by Crippen LogP contribution is -2.57. The molecule has 0 saturated carbocycles. The summed E-state index contributed by atoms with van der Waals surface area (Å²) in [4.78, 5) is 2.60. The van der Waals surface area contributed by atoms with Gasteiger partial charge in [0.25, 0.3) is 0 Å². The van der Waals surface area contributed by atoms with Crippen molar-refractivity contribution in [1.29, 1.82) is 0 Å². The third kappa shape index (κ3) is 5.14. The summed E-state index contributed by atoms with van der Waals surface area (Å²) < 4.78 is 32.5. The fraction of sp³-hybridized carbons (Fsp3) is 0.739. The third-order valence-electron chi connectivity index (χ3n) is 7.08. The highest BCUT2D eigenvalue weighted by molar-refractivity contribution is 7.88. The molecule has 1 aromatic rings. The standard InChI is InChI=1S/C23H36N2O3S.ClH/c1-3-4-5-6-14-28-20-9-10-21-18(15-20)11-13-24-17-19-8-7-12-25(29(2,26)27)22(19)16-23(21)24;/h9-10,15,19,22-23H,3-8,11-14,16-17H2,1-2H3;1H/t19-,22+,23-;/m1./s1. The average Bonchev–Trinajstić information content (AvgIpc) is 2.70. The first-order valence-electron chi connectivity index (χ1n) is 11.4. The van der Waals surface area contributed by atoms with Crippen LogP contribution in [0.4, 0.5) is 0 Å². The van der Waals surface area contributed by atoms with Crippen LogP contribution in [0.5, 0.6) is 5.75 Å². The lowest BCUT2D eigenvalue weighted by atomic mass is 9.77. The van der Waals surface area contributed by atoms with E-state index >= 15 is 0 Å². The molecule has 4 rings (SSSR count). The summed E-state index contributed by atoms with van der Waals surface area (Å²) in [6, 6.07) is 7.07. The van der Waals surface area contributed by atoms with Crippen molar-refractivity contribution in [3.8, 4) is 5.75 Å². The highest BCUT2D eigenvalue weighted by Crippen LogP contribution is 2.44. The summed E-state index contributed by atoms with van der Waals surface area (Å²) in [5.41, 5.74) is 2.77. The molecule has 0 unspecified atom stereocenters. The summed E-state index contributed by atoms with van der Waals surface area (Å²) in [6.45, 7) is 5.80. The first kappa shape index (κ1) is 23.8. The Morgan fingerprint density at radius 2 is 2.00 bits per heavy atom. The van der Waals surface area contributed by atoms with Crippen LogP contribution in [-0.2, 0) is 16.4 Å². The third-order valence-corrected chi connectivity index (χ3v) is 8.38. The van der Waals surface area contributed by atoms with E-state index in [1.54, 1.807) is 4.31 Å². The van der Waals surface area contributed by atoms with E-state index in [-0.39, 0.29) is 18.4 Å². The Bertz CT molecular complexity index is 817. The molecule has 7 heteroatoms. The predicted octanol–water partition coefficient (Wildman–Crippen LogP) is 4.41. The number of rotatable bonds is 7. The molecule has 0 amide bonds. The van der Waals surface area contributed by atoms with Gasteiger partial charge in [0.05, 0.1) is 12.9 Å². The average molecular weight is 457 g/mol. The number of ether oxygens (including phenoxy) is 1. The molecule has 170 valence electrons. The SMILES string of the molecule is CCCCCCOc1ccc2c(c1)CCN1C[C@H]3CCCN(S(C)(=O)=O)[C@H]3C[C@H]21.Cl. The summed E-state index contributed by atoms with van der Waals surface area (Å²) >= 11 is 0. The molecule has 0 radical (unpaired) electrons. The molecule has 30 heavy (non-hydrogen) atoms. The summed E-state index contributed by atoms with van der Waals surface area (Å²) in [6.07, 6.45) is 10.4. The number of hydrogen-bond acceptors (Lipinski definition) is 4. The van der Waals surface area contributed by atoms with Crippen LogP contribution < -0.4 is 4.74 Å². The van der Waals surface area contributed by atoms with Gasteiger partial charge >= 0.3 is 0 Å². The van der Waals surface area contributed by atoms with E-state index in [4.69, 9.17) is 4.74 Å². The van der Waals surface area contributed by atoms with Crippen molar-refractivity contribution in [3.05, 3.63) is 29.3 Å². The molecule has 3 aliphatic heterocycles. The van der Waals surface area contributed by atoms with Crippen LogP contribution in [0.1, 0.15) is 69.0 Å². The molecule has 0 aliphatic carbocycles. The highest BCUT2D eigenvalue weighted by atomic mass is 35.5. The van der Waals surface area contributed by atoms with Gasteiger partial charge in [-0.25, -0.2) is 8.42 Å². The Kier molecular flexibility index (Phi) is 8.10. The van der Waals surface area contributed by atoms with Gasteiger partial charge in [-0.3, -0.25) is 4.90 Å². The molecule has 3 heterocycles. The quantitative estimate of drug-likeness (QED) is 0.570. The summed E-state index contributed by atoms with van der Waals surface area (Å²) in [5, 5.41) is 0. The van der Waals surface area contributed by atoms with Crippen molar-refractivity contribution in [1.82, 2.24) is 9.21 Å². The number of halogens is 1. The predicted molar refractivity (Wildman–Crippen MR) is 124 cm³/mol. The minimum atomic E-state index is -3.14. The van der Waals surface area contributed by atoms with Crippen LogP contribution in [-0.4, -0.2) is 56.2 Å². The number of piperidine rings is 2. The molecule has 0 N–H and O–H groups in total. The Morgan fingerprint density at radius 3 is 2.77 bits per heavy atom. The van der Waals surface area contributed by atoms with Gasteiger partial charge in [-0.1, -0.05) is 32.3 Å². The Balaban J connectivity index is 0.00000256. The van der Waals surface area contributed by atoms with Crippen molar-refractivity contribution in [2.75, 3.05) is 32.5 Å². The van der Waals surface area contributed by atoms with Crippen LogP contribution in [0.2, 0.25) is 0 Å². The molecule has 0 bridgehead atoms. The van der Waals surface area contributed by atoms with Crippen LogP contribution in [0.25, 0.3) is 0 Å². The van der Waals surface area contributed by atoms with Crippen molar-refractivity contribution in [3.63, 3.8) is 0 Å². The smallest absolute Gasteiger partial charge is 0.211 e. The van der Waals surface area contributed by atoms with Crippen molar-refractivity contribution in [2.45, 2.75) is 70.4 Å². The van der Waals surface area contributed by atoms with Crippen molar-refractivity contribution >= 4 is 22.4 Å². The molecule has 2 saturated heterocycles. The van der Waals surface area contributed by atoms with Gasteiger partial charge in [-0.2, -0.15) is 4.31 Å². The second-order valence-electron chi connectivity index (χ2n) is 9.11. The van der Waals surface area contributed by atoms with Gasteiger partial charge in [0, 0.05) is 31.7 Å². The lowest BCUT2D eigenvalue weighted by molar-refractivity contribution is 0.0222. The summed E-state index contributed by atoms with van der Waals surface area (Å²) in [5.74, 6) is 1.46. The number of benzene rings is 1. The lowest BCUT2D eigenvalue weighted by Gasteiger charge is -2.51. The maximum atomic E-state index is 12.4. The van der Waals surface area contributed by atoms with Gasteiger partial charge < -0.3 is 4.74 Å². The van der Waals surface area contributed by atoms with Gasteiger partial charge in [0.15, 0.2) is 0 Å². The molecule has 5 nitrogen and oxygen atoms in total. The molecule has 1 aromatic carbocycles. The maximum Gasteiger partial charge on any atom is 0.211 e. The first-order chi connectivity index (χ1) is 14.0. The Hall–Kier alpha value is -0.820. The van der Waals surface area contributed by atoms with E-state index in [9.17, 15) is 8.42 Å². The number of sulfonamides is 1. The van der Waals surface area contributed by atoms with E-state index in [1.165, 1.54) is 36.6 Å². The van der Waals surface area contributed by atoms with Gasteiger partial charge in [0.1, 0.15) is 5.75 Å². The fourth-order valence-corrected chi connectivity index (χ4v) is 6.82. The number of nitrogens with zero attached hydrogens (tertiary/aromatic N) is 2. The zero-order chi connectivity index (χ0) is 20.4. The molecule has 0 aromatic heterocycles. The summed E-state index contributed by atoms with van der Waals surface area (Å²) in [7, 11) is -3.14. The van der Waals surface area contributed by atoms with E-state index < -0.39 is 10.0 Å². The van der Waals surface area contributed by atoms with Crippen molar-refractivity contribution in [2.24, 2.45) is 5.92 Å². The molecule has 0 spiro atoms. The van der Waals surface area contributed by atoms with E-state index in [2.05, 4.69) is 30.0 Å². The number of fused-ring (bicyclic) bond motifs is 4. The minimum absolute atomic E-state index is 0. The Morgan fingerprint density at radius 1 is 1.17 bits per heavy atom. The maximum absolute atomic E-state index is 12.4. The number of hydrogen-bond donors (Lipinski definition) is 0. The van der Waals surface area contributed by atoms with Crippen LogP contribution in [0, 0.1) is 5.92 Å². The van der Waals surface area contributed by atoms with Gasteiger partial charge in [-0.15, -0.1) is 12.4 Å². The molecule has 3 atom stereocenters. The van der Waals surface area contributed by atoms with E-state index in [0.29, 0.717) is 18.5 Å². The van der Waals surface area contributed by atoms with Gasteiger partial charge in [-0.05, 0) is 61.3 Å². The Labute approximate surface area is 188 Å². The molecular formula is C23H37ClN2O3S. The van der Waals surface area contributed by atoms with Crippen LogP contribution >= 0.6 is 12.4 Å². The molecular weight excluding hydrogens is 420 g/mol. The zero-order valence-electron chi connectivity index (χ0n) is 18.4. The second kappa shape index (κ2) is 10.2. The van der Waals surface area contributed by atoms with E-state index in [1.807, 2.05) is 0 Å². The topological polar surface area (TPSA) is 49.9 Å². The second-order valence-corrected chi connectivity index (χ2v) is 11.0. The first-order valence-corrected chi connectivity index (χ1v) is 13.3. The minimum Gasteiger partial charge on any atom is -0.494 e. The fourth-order valence-electron chi connectivity index (χ4n) is 5.61. The number of unbranched alkanes of at least 4 members (excludes halogenated alkanes) is 3. The van der Waals surface area contributed by atoms with Crippen LogP contribution in [0.15, 0.2) is 18.2 Å². The normalized spacial score (nSPS) is 26.8. The van der Waals surface area contributed by atoms with Crippen LogP contribution in [0.3, 0.4) is 0 Å².